The molecular formula is C98H78N2. The highest BCUT2D eigenvalue weighted by Gasteiger charge is 2.40. The molecule has 0 saturated heterocycles. The Bertz CT molecular complexity index is 5700. The first-order valence-electron chi connectivity index (χ1n) is 35.4. The van der Waals surface area contributed by atoms with Gasteiger partial charge in [0, 0.05) is 55.8 Å². The van der Waals surface area contributed by atoms with Crippen LogP contribution < -0.4 is 9.80 Å². The molecule has 2 heteroatoms. The minimum absolute atomic E-state index is 0.213. The molecule has 0 bridgehead atoms. The van der Waals surface area contributed by atoms with Crippen molar-refractivity contribution in [1.29, 1.82) is 0 Å². The number of nitrogens with zero attached hydrogens (tertiary/aromatic N) is 2. The molecule has 0 saturated carbocycles. The predicted octanol–water partition coefficient (Wildman–Crippen LogP) is 26.9. The molecule has 0 aromatic heterocycles. The lowest BCUT2D eigenvalue weighted by Gasteiger charge is -2.31. The standard InChI is InChI=1S/C98H78N2/c1-10-11-26-68-61-95(2,3)89-57-71(41-47-75(68)89)99(72-42-48-79-76-35-18-21-38-86(76)96(4,5)90(79)58-72)69-45-51-82-84(55-69)93(66-33-24-31-64(53-66)62-27-14-12-15-28-62)83-52-46-70(56-85(83)94(82)67-34-25-32-65(54-67)63-29-16-13-17-30-63)100(73-43-49-80-77-36-19-22-39-87(77)97(6,7)91(80)59-73)74-44-50-81-78-37-20-23-40-88(78)98(8,9)92(81)60-74/h10-61H,1H2,2-9H3/b26-11-. The maximum absolute atomic E-state index is 4.04. The quantitative estimate of drug-likeness (QED) is 0.0889. The smallest absolute Gasteiger partial charge is 0.0468 e. The summed E-state index contributed by atoms with van der Waals surface area (Å²) in [5.41, 5.74) is 34.8. The Hall–Kier alpha value is -11.6. The van der Waals surface area contributed by atoms with Crippen molar-refractivity contribution >= 4 is 61.2 Å². The van der Waals surface area contributed by atoms with Crippen molar-refractivity contribution in [1.82, 2.24) is 0 Å². The van der Waals surface area contributed by atoms with Crippen LogP contribution in [-0.4, -0.2) is 0 Å². The number of allylic oxidation sites excluding steroid dienone is 5. The summed E-state index contributed by atoms with van der Waals surface area (Å²) in [6.07, 6.45) is 8.54. The Kier molecular flexibility index (Phi) is 13.8. The SMILES string of the molecule is C=C/C=C\C1=CC(C)(C)c2cc(N(c3ccc4c(c3)C(C)(C)c3ccccc3-4)c3ccc4c(-c5cccc(-c6ccccc6)c5)c5cc(N(c6ccc7c(c6)C(C)(C)c6ccccc6-7)c6ccc7c(c6)C(C)(C)c6ccccc6-7)ccc5c(-c5cccc(-c6ccccc6)c5)c4c3)ccc21. The fourth-order valence-electron chi connectivity index (χ4n) is 17.8. The minimum atomic E-state index is -0.220. The van der Waals surface area contributed by atoms with Crippen molar-refractivity contribution in [2.24, 2.45) is 0 Å². The number of hydrogen-bond acceptors (Lipinski definition) is 2. The highest BCUT2D eigenvalue weighted by molar-refractivity contribution is 6.23. The predicted molar refractivity (Wildman–Crippen MR) is 426 cm³/mol. The molecule has 0 amide bonds. The van der Waals surface area contributed by atoms with Gasteiger partial charge in [-0.25, -0.2) is 0 Å². The van der Waals surface area contributed by atoms with Gasteiger partial charge in [-0.2, -0.15) is 0 Å². The zero-order valence-electron chi connectivity index (χ0n) is 58.1. The third-order valence-electron chi connectivity index (χ3n) is 22.8. The molecule has 0 unspecified atom stereocenters. The van der Waals surface area contributed by atoms with E-state index in [0.717, 1.165) is 45.3 Å². The molecule has 0 radical (unpaired) electrons. The van der Waals surface area contributed by atoms with Gasteiger partial charge in [0.05, 0.1) is 0 Å². The molecule has 0 fully saturated rings. The Morgan fingerprint density at radius 3 is 0.980 bits per heavy atom. The normalized spacial score (nSPS) is 15.0. The van der Waals surface area contributed by atoms with E-state index in [0.29, 0.717) is 0 Å². The molecule has 0 atom stereocenters. The van der Waals surface area contributed by atoms with E-state index in [1.807, 2.05) is 6.08 Å². The average Bonchev–Trinajstić information content (AvgIpc) is 0.959. The fraction of sp³-hybridized carbons (Fsp3) is 0.122. The molecule has 100 heavy (non-hydrogen) atoms. The van der Waals surface area contributed by atoms with Gasteiger partial charge < -0.3 is 9.80 Å². The van der Waals surface area contributed by atoms with Gasteiger partial charge in [0.1, 0.15) is 0 Å². The molecule has 0 aliphatic heterocycles. The molecular weight excluding hydrogens is 1210 g/mol. The van der Waals surface area contributed by atoms with Gasteiger partial charge in [0.25, 0.3) is 0 Å². The van der Waals surface area contributed by atoms with Crippen molar-refractivity contribution in [2.45, 2.75) is 77.0 Å². The van der Waals surface area contributed by atoms with E-state index >= 15 is 0 Å². The maximum atomic E-state index is 4.04. The molecule has 0 heterocycles. The number of anilines is 6. The summed E-state index contributed by atoms with van der Waals surface area (Å²) < 4.78 is 0. The van der Waals surface area contributed by atoms with Crippen molar-refractivity contribution in [3.8, 4) is 77.9 Å². The van der Waals surface area contributed by atoms with Gasteiger partial charge in [-0.15, -0.1) is 0 Å². The van der Waals surface area contributed by atoms with Crippen molar-refractivity contribution in [2.75, 3.05) is 9.80 Å². The zero-order valence-corrected chi connectivity index (χ0v) is 58.1. The van der Waals surface area contributed by atoms with E-state index < -0.39 is 0 Å². The van der Waals surface area contributed by atoms with Gasteiger partial charge in [-0.3, -0.25) is 0 Å². The number of benzene rings is 14. The van der Waals surface area contributed by atoms with Crippen molar-refractivity contribution < 1.29 is 0 Å². The summed E-state index contributed by atoms with van der Waals surface area (Å²) in [7, 11) is 0. The highest BCUT2D eigenvalue weighted by atomic mass is 15.1. The molecule has 4 aliphatic carbocycles. The molecule has 14 aromatic rings. The fourth-order valence-corrected chi connectivity index (χ4v) is 17.8. The molecule has 0 spiro atoms. The minimum Gasteiger partial charge on any atom is -0.310 e. The van der Waals surface area contributed by atoms with Crippen molar-refractivity contribution in [3.63, 3.8) is 0 Å². The topological polar surface area (TPSA) is 6.48 Å². The third kappa shape index (κ3) is 9.44. The van der Waals surface area contributed by atoms with Crippen LogP contribution in [0.4, 0.5) is 34.1 Å². The van der Waals surface area contributed by atoms with E-state index in [2.05, 4.69) is 381 Å². The van der Waals surface area contributed by atoms with E-state index in [-0.39, 0.29) is 21.7 Å². The second kappa shape index (κ2) is 22.7. The number of hydrogen-bond donors (Lipinski definition) is 0. The van der Waals surface area contributed by atoms with E-state index in [1.54, 1.807) is 0 Å². The third-order valence-corrected chi connectivity index (χ3v) is 22.8. The molecule has 18 rings (SSSR count). The van der Waals surface area contributed by atoms with E-state index in [1.165, 1.54) is 138 Å². The Morgan fingerprint density at radius 1 is 0.260 bits per heavy atom. The summed E-state index contributed by atoms with van der Waals surface area (Å²) in [5, 5.41) is 4.68. The van der Waals surface area contributed by atoms with Gasteiger partial charge in [0.15, 0.2) is 0 Å². The number of rotatable bonds is 12. The monoisotopic (exact) mass is 1280 g/mol. The number of fused-ring (bicyclic) bond motifs is 12. The van der Waals surface area contributed by atoms with Crippen LogP contribution in [0.2, 0.25) is 0 Å². The lowest BCUT2D eigenvalue weighted by atomic mass is 9.82. The van der Waals surface area contributed by atoms with Gasteiger partial charge >= 0.3 is 0 Å². The van der Waals surface area contributed by atoms with Crippen LogP contribution in [0.15, 0.2) is 322 Å². The van der Waals surface area contributed by atoms with Crippen LogP contribution in [0.1, 0.15) is 99.9 Å². The van der Waals surface area contributed by atoms with Crippen LogP contribution in [0.3, 0.4) is 0 Å². The van der Waals surface area contributed by atoms with Gasteiger partial charge in [-0.1, -0.05) is 293 Å². The molecule has 4 aliphatic rings. The Balaban J connectivity index is 0.925. The van der Waals surface area contributed by atoms with Crippen LogP contribution in [0.25, 0.3) is 105 Å². The second-order valence-corrected chi connectivity index (χ2v) is 30.1. The largest absolute Gasteiger partial charge is 0.310 e. The van der Waals surface area contributed by atoms with Gasteiger partial charge in [-0.05, 0) is 234 Å². The first-order chi connectivity index (χ1) is 48.5. The Morgan fingerprint density at radius 2 is 0.580 bits per heavy atom. The van der Waals surface area contributed by atoms with Crippen LogP contribution in [0, 0.1) is 0 Å². The average molecular weight is 1280 g/mol. The lowest BCUT2D eigenvalue weighted by molar-refractivity contribution is 0.660. The van der Waals surface area contributed by atoms with Crippen molar-refractivity contribution in [3.05, 3.63) is 367 Å². The summed E-state index contributed by atoms with van der Waals surface area (Å²) >= 11 is 0. The lowest BCUT2D eigenvalue weighted by Crippen LogP contribution is -2.18. The summed E-state index contributed by atoms with van der Waals surface area (Å²) in [5.74, 6) is 0. The van der Waals surface area contributed by atoms with Gasteiger partial charge in [0.2, 0.25) is 0 Å². The molecule has 480 valence electrons. The van der Waals surface area contributed by atoms with Crippen LogP contribution >= 0.6 is 0 Å². The molecule has 2 nitrogen and oxygen atoms in total. The summed E-state index contributed by atoms with van der Waals surface area (Å²) in [4.78, 5) is 5.08. The zero-order chi connectivity index (χ0) is 68.0. The van der Waals surface area contributed by atoms with Crippen LogP contribution in [-0.2, 0) is 21.7 Å². The first kappa shape index (κ1) is 60.8. The van der Waals surface area contributed by atoms with Crippen LogP contribution in [0.5, 0.6) is 0 Å². The summed E-state index contributed by atoms with van der Waals surface area (Å²) in [6.45, 7) is 23.1. The Labute approximate surface area is 588 Å². The van der Waals surface area contributed by atoms with E-state index in [4.69, 9.17) is 0 Å². The second-order valence-electron chi connectivity index (χ2n) is 30.1. The van der Waals surface area contributed by atoms with E-state index in [9.17, 15) is 0 Å². The summed E-state index contributed by atoms with van der Waals surface area (Å²) in [6, 6.07) is 111. The first-order valence-corrected chi connectivity index (χ1v) is 35.4. The maximum Gasteiger partial charge on any atom is 0.0468 e. The molecule has 0 N–H and O–H groups in total. The highest BCUT2D eigenvalue weighted by Crippen LogP contribution is 2.57. The molecule has 14 aromatic carbocycles.